The lowest BCUT2D eigenvalue weighted by atomic mass is 9.82. The highest BCUT2D eigenvalue weighted by Gasteiger charge is 2.21. The van der Waals surface area contributed by atoms with Crippen molar-refractivity contribution in [3.8, 4) is 0 Å². The second kappa shape index (κ2) is 7.26. The van der Waals surface area contributed by atoms with E-state index in [2.05, 4.69) is 45.1 Å². The summed E-state index contributed by atoms with van der Waals surface area (Å²) < 4.78 is 0. The van der Waals surface area contributed by atoms with Crippen molar-refractivity contribution in [2.75, 3.05) is 6.54 Å². The van der Waals surface area contributed by atoms with Crippen LogP contribution in [0, 0.1) is 26.7 Å². The van der Waals surface area contributed by atoms with Crippen molar-refractivity contribution in [2.24, 2.45) is 5.92 Å². The van der Waals surface area contributed by atoms with Gasteiger partial charge in [-0.25, -0.2) is 0 Å². The molecule has 1 unspecified atom stereocenters. The predicted octanol–water partition coefficient (Wildman–Crippen LogP) is 5.23. The molecular formula is C19H31N. The first kappa shape index (κ1) is 15.6. The lowest BCUT2D eigenvalue weighted by Crippen LogP contribution is -2.25. The fourth-order valence-corrected chi connectivity index (χ4v) is 3.68. The van der Waals surface area contributed by atoms with E-state index in [-0.39, 0.29) is 0 Å². The average molecular weight is 273 g/mol. The smallest absolute Gasteiger partial charge is 0.0325 e. The fourth-order valence-electron chi connectivity index (χ4n) is 3.68. The first-order valence-electron chi connectivity index (χ1n) is 8.43. The lowest BCUT2D eigenvalue weighted by Gasteiger charge is -2.28. The summed E-state index contributed by atoms with van der Waals surface area (Å²) in [6.45, 7) is 10.0. The van der Waals surface area contributed by atoms with E-state index in [0.29, 0.717) is 6.04 Å². The minimum absolute atomic E-state index is 0.544. The molecule has 0 aromatic heterocycles. The molecule has 1 fully saturated rings. The maximum absolute atomic E-state index is 3.73. The molecule has 1 atom stereocenters. The Morgan fingerprint density at radius 1 is 1.00 bits per heavy atom. The summed E-state index contributed by atoms with van der Waals surface area (Å²) in [5, 5.41) is 3.73. The molecule has 1 aliphatic carbocycles. The zero-order chi connectivity index (χ0) is 14.5. The van der Waals surface area contributed by atoms with Crippen LogP contribution in [0.3, 0.4) is 0 Å². The predicted molar refractivity (Wildman–Crippen MR) is 88.3 cm³/mol. The topological polar surface area (TPSA) is 12.0 Å². The molecule has 0 radical (unpaired) electrons. The maximum atomic E-state index is 3.73. The number of hydrogen-bond donors (Lipinski definition) is 1. The van der Waals surface area contributed by atoms with Gasteiger partial charge in [-0.2, -0.15) is 0 Å². The molecule has 1 aromatic rings. The zero-order valence-corrected chi connectivity index (χ0v) is 13.8. The van der Waals surface area contributed by atoms with E-state index in [1.807, 2.05) is 0 Å². The van der Waals surface area contributed by atoms with E-state index in [9.17, 15) is 0 Å². The molecule has 1 saturated carbocycles. The standard InChI is InChI=1S/C19H31N/c1-5-20-19(13-17-9-7-6-8-10-17)18-12-15(3)14(2)11-16(18)4/h11-12,17,19-20H,5-10,13H2,1-4H3. The van der Waals surface area contributed by atoms with Crippen molar-refractivity contribution in [1.29, 1.82) is 0 Å². The summed E-state index contributed by atoms with van der Waals surface area (Å²) in [4.78, 5) is 0. The van der Waals surface area contributed by atoms with Crippen LogP contribution < -0.4 is 5.32 Å². The van der Waals surface area contributed by atoms with Crippen molar-refractivity contribution >= 4 is 0 Å². The Balaban J connectivity index is 2.16. The fraction of sp³-hybridized carbons (Fsp3) is 0.684. The van der Waals surface area contributed by atoms with Gasteiger partial charge < -0.3 is 5.32 Å². The van der Waals surface area contributed by atoms with E-state index in [1.54, 1.807) is 0 Å². The van der Waals surface area contributed by atoms with Crippen LogP contribution in [0.4, 0.5) is 0 Å². The minimum atomic E-state index is 0.544. The van der Waals surface area contributed by atoms with Gasteiger partial charge in [-0.3, -0.25) is 0 Å². The molecule has 0 bridgehead atoms. The normalized spacial score (nSPS) is 18.2. The number of rotatable bonds is 5. The highest BCUT2D eigenvalue weighted by molar-refractivity contribution is 5.38. The van der Waals surface area contributed by atoms with Crippen LogP contribution >= 0.6 is 0 Å². The van der Waals surface area contributed by atoms with Gasteiger partial charge in [0.05, 0.1) is 0 Å². The van der Waals surface area contributed by atoms with Crippen molar-refractivity contribution in [3.05, 3.63) is 34.4 Å². The van der Waals surface area contributed by atoms with Crippen LogP contribution in [0.1, 0.15) is 73.7 Å². The summed E-state index contributed by atoms with van der Waals surface area (Å²) in [6, 6.07) is 5.32. The van der Waals surface area contributed by atoms with Crippen LogP contribution in [-0.4, -0.2) is 6.54 Å². The van der Waals surface area contributed by atoms with Gasteiger partial charge >= 0.3 is 0 Å². The molecule has 0 saturated heterocycles. The molecular weight excluding hydrogens is 242 g/mol. The highest BCUT2D eigenvalue weighted by Crippen LogP contribution is 2.33. The molecule has 1 aliphatic rings. The second-order valence-electron chi connectivity index (χ2n) is 6.64. The Kier molecular flexibility index (Phi) is 5.65. The molecule has 112 valence electrons. The van der Waals surface area contributed by atoms with Gasteiger partial charge in [0, 0.05) is 6.04 Å². The van der Waals surface area contributed by atoms with E-state index < -0.39 is 0 Å². The Bertz CT molecular complexity index is 430. The average Bonchev–Trinajstić information content (AvgIpc) is 2.44. The molecule has 2 rings (SSSR count). The Labute approximate surface area is 125 Å². The SMILES string of the molecule is CCNC(CC1CCCCC1)c1cc(C)c(C)cc1C. The first-order valence-corrected chi connectivity index (χ1v) is 8.43. The largest absolute Gasteiger partial charge is 0.310 e. The summed E-state index contributed by atoms with van der Waals surface area (Å²) in [5.74, 6) is 0.925. The number of aryl methyl sites for hydroxylation is 3. The first-order chi connectivity index (χ1) is 9.61. The van der Waals surface area contributed by atoms with E-state index in [0.717, 1.165) is 12.5 Å². The number of hydrogen-bond acceptors (Lipinski definition) is 1. The monoisotopic (exact) mass is 273 g/mol. The molecule has 1 N–H and O–H groups in total. The quantitative estimate of drug-likeness (QED) is 0.774. The zero-order valence-electron chi connectivity index (χ0n) is 13.8. The number of nitrogens with one attached hydrogen (secondary N) is 1. The number of benzene rings is 1. The van der Waals surface area contributed by atoms with Gasteiger partial charge in [-0.15, -0.1) is 0 Å². The van der Waals surface area contributed by atoms with Gasteiger partial charge in [-0.1, -0.05) is 51.2 Å². The molecule has 0 aliphatic heterocycles. The second-order valence-corrected chi connectivity index (χ2v) is 6.64. The Morgan fingerprint density at radius 3 is 2.30 bits per heavy atom. The van der Waals surface area contributed by atoms with Crippen LogP contribution in [0.2, 0.25) is 0 Å². The third-order valence-corrected chi connectivity index (χ3v) is 5.00. The molecule has 1 heteroatoms. The summed E-state index contributed by atoms with van der Waals surface area (Å²) in [7, 11) is 0. The summed E-state index contributed by atoms with van der Waals surface area (Å²) in [6.07, 6.45) is 8.52. The summed E-state index contributed by atoms with van der Waals surface area (Å²) >= 11 is 0. The third kappa shape index (κ3) is 3.85. The van der Waals surface area contributed by atoms with Crippen molar-refractivity contribution in [1.82, 2.24) is 5.32 Å². The van der Waals surface area contributed by atoms with Gasteiger partial charge in [0.2, 0.25) is 0 Å². The van der Waals surface area contributed by atoms with Crippen LogP contribution in [0.5, 0.6) is 0 Å². The van der Waals surface area contributed by atoms with Gasteiger partial charge in [0.25, 0.3) is 0 Å². The molecule has 20 heavy (non-hydrogen) atoms. The molecule has 1 aromatic carbocycles. The van der Waals surface area contributed by atoms with E-state index in [1.165, 1.54) is 60.8 Å². The molecule has 0 spiro atoms. The van der Waals surface area contributed by atoms with Crippen LogP contribution in [0.15, 0.2) is 12.1 Å². The van der Waals surface area contributed by atoms with E-state index in [4.69, 9.17) is 0 Å². The summed E-state index contributed by atoms with van der Waals surface area (Å²) in [5.41, 5.74) is 5.83. The van der Waals surface area contributed by atoms with Gasteiger partial charge in [0.1, 0.15) is 0 Å². The lowest BCUT2D eigenvalue weighted by molar-refractivity contribution is 0.301. The van der Waals surface area contributed by atoms with Crippen molar-refractivity contribution in [2.45, 2.75) is 72.3 Å². The Morgan fingerprint density at radius 2 is 1.65 bits per heavy atom. The minimum Gasteiger partial charge on any atom is -0.310 e. The van der Waals surface area contributed by atoms with E-state index >= 15 is 0 Å². The van der Waals surface area contributed by atoms with Crippen LogP contribution in [0.25, 0.3) is 0 Å². The highest BCUT2D eigenvalue weighted by atomic mass is 14.9. The molecule has 1 nitrogen and oxygen atoms in total. The molecule has 0 heterocycles. The van der Waals surface area contributed by atoms with Crippen molar-refractivity contribution in [3.63, 3.8) is 0 Å². The van der Waals surface area contributed by atoms with Gasteiger partial charge in [-0.05, 0) is 61.9 Å². The van der Waals surface area contributed by atoms with Gasteiger partial charge in [0.15, 0.2) is 0 Å². The Hall–Kier alpha value is -0.820. The third-order valence-electron chi connectivity index (χ3n) is 5.00. The van der Waals surface area contributed by atoms with Crippen molar-refractivity contribution < 1.29 is 0 Å². The van der Waals surface area contributed by atoms with Crippen LogP contribution in [-0.2, 0) is 0 Å². The molecule has 0 amide bonds. The maximum Gasteiger partial charge on any atom is 0.0325 e.